The monoisotopic (exact) mass is 567 g/mol. The van der Waals surface area contributed by atoms with Gasteiger partial charge in [-0.1, -0.05) is 42.5 Å². The largest absolute Gasteiger partial charge is 0.489 e. The van der Waals surface area contributed by atoms with E-state index in [-0.39, 0.29) is 12.0 Å². The van der Waals surface area contributed by atoms with Crippen molar-refractivity contribution in [1.82, 2.24) is 14.4 Å². The molecule has 8 nitrogen and oxygen atoms in total. The van der Waals surface area contributed by atoms with E-state index >= 15 is 0 Å². The van der Waals surface area contributed by atoms with Gasteiger partial charge < -0.3 is 28.6 Å². The fourth-order valence-electron chi connectivity index (χ4n) is 5.39. The van der Waals surface area contributed by atoms with Crippen LogP contribution in [0.5, 0.6) is 5.75 Å². The summed E-state index contributed by atoms with van der Waals surface area (Å²) < 4.78 is 13.8. The average Bonchev–Trinajstić information content (AvgIpc) is 3.27. The predicted molar refractivity (Wildman–Crippen MR) is 162 cm³/mol. The lowest BCUT2D eigenvalue weighted by molar-refractivity contribution is -0.109. The van der Waals surface area contributed by atoms with Crippen molar-refractivity contribution in [3.05, 3.63) is 101 Å². The number of carbonyl (C=O) groups is 3. The van der Waals surface area contributed by atoms with Crippen molar-refractivity contribution in [3.8, 4) is 5.75 Å². The standard InChI is InChI=1S/C34H37N3O5/c1-34(2,3)42-32(39)25-13-11-23(12-14-25)18-37-29-16-15-27(41-22-24-9-7-6-8-10-24)17-28(29)31-26(21-38)19-36(20-30(31)37)33(40)35(4)5/h6-17,21,26H,18-20,22H2,1-5H3. The van der Waals surface area contributed by atoms with Gasteiger partial charge in [0, 0.05) is 43.8 Å². The second-order valence-corrected chi connectivity index (χ2v) is 11.9. The Morgan fingerprint density at radius 3 is 2.33 bits per heavy atom. The van der Waals surface area contributed by atoms with E-state index in [2.05, 4.69) is 4.57 Å². The molecule has 2 amide bonds. The van der Waals surface area contributed by atoms with Crippen LogP contribution in [0.25, 0.3) is 10.9 Å². The van der Waals surface area contributed by atoms with Gasteiger partial charge in [0.15, 0.2) is 0 Å². The molecule has 0 aliphatic carbocycles. The minimum atomic E-state index is -0.576. The molecule has 0 spiro atoms. The number of benzene rings is 3. The molecule has 42 heavy (non-hydrogen) atoms. The van der Waals surface area contributed by atoms with Gasteiger partial charge in [0.2, 0.25) is 0 Å². The van der Waals surface area contributed by atoms with Gasteiger partial charge in [0.05, 0.1) is 18.0 Å². The van der Waals surface area contributed by atoms with Crippen LogP contribution in [0, 0.1) is 0 Å². The maximum Gasteiger partial charge on any atom is 0.338 e. The fourth-order valence-corrected chi connectivity index (χ4v) is 5.39. The molecular formula is C34H37N3O5. The van der Waals surface area contributed by atoms with Gasteiger partial charge in [0.1, 0.15) is 24.2 Å². The Kier molecular flexibility index (Phi) is 8.07. The molecular weight excluding hydrogens is 530 g/mol. The number of urea groups is 1. The Labute approximate surface area is 246 Å². The van der Waals surface area contributed by atoms with Gasteiger partial charge in [-0.3, -0.25) is 0 Å². The second kappa shape index (κ2) is 11.7. The molecule has 0 saturated heterocycles. The average molecular weight is 568 g/mol. The van der Waals surface area contributed by atoms with Crippen LogP contribution in [0.1, 0.15) is 59.4 Å². The highest BCUT2D eigenvalue weighted by Gasteiger charge is 2.34. The summed E-state index contributed by atoms with van der Waals surface area (Å²) >= 11 is 0. The summed E-state index contributed by atoms with van der Waals surface area (Å²) in [6, 6.07) is 23.2. The van der Waals surface area contributed by atoms with E-state index in [1.165, 1.54) is 4.90 Å². The zero-order valence-corrected chi connectivity index (χ0v) is 24.8. The number of aromatic nitrogens is 1. The summed E-state index contributed by atoms with van der Waals surface area (Å²) in [5, 5.41) is 0.940. The maximum atomic E-state index is 13.0. The van der Waals surface area contributed by atoms with Crippen molar-refractivity contribution in [1.29, 1.82) is 0 Å². The first kappa shape index (κ1) is 28.9. The molecule has 5 rings (SSSR count). The topological polar surface area (TPSA) is 81.1 Å². The third-order valence-corrected chi connectivity index (χ3v) is 7.31. The van der Waals surface area contributed by atoms with Crippen molar-refractivity contribution in [2.24, 2.45) is 0 Å². The van der Waals surface area contributed by atoms with Crippen LogP contribution < -0.4 is 4.74 Å². The number of rotatable bonds is 7. The maximum absolute atomic E-state index is 13.0. The Hall–Kier alpha value is -4.59. The molecule has 0 N–H and O–H groups in total. The van der Waals surface area contributed by atoms with Crippen LogP contribution in [-0.2, 0) is 29.2 Å². The van der Waals surface area contributed by atoms with Gasteiger partial charge in [0.25, 0.3) is 0 Å². The molecule has 2 heterocycles. The number of ether oxygens (including phenoxy) is 2. The Morgan fingerprint density at radius 2 is 1.69 bits per heavy atom. The van der Waals surface area contributed by atoms with E-state index < -0.39 is 11.5 Å². The third kappa shape index (κ3) is 6.17. The van der Waals surface area contributed by atoms with Crippen molar-refractivity contribution in [3.63, 3.8) is 0 Å². The Bertz CT molecular complexity index is 1600. The van der Waals surface area contributed by atoms with Gasteiger partial charge in [-0.25, -0.2) is 9.59 Å². The minimum absolute atomic E-state index is 0.141. The lowest BCUT2D eigenvalue weighted by Gasteiger charge is -2.33. The van der Waals surface area contributed by atoms with Crippen LogP contribution in [0.3, 0.4) is 0 Å². The molecule has 1 aromatic heterocycles. The molecule has 4 aromatic rings. The fraction of sp³-hybridized carbons (Fsp3) is 0.324. The molecule has 218 valence electrons. The highest BCUT2D eigenvalue weighted by molar-refractivity contribution is 5.92. The molecule has 1 aliphatic rings. The summed E-state index contributed by atoms with van der Waals surface area (Å²) in [6.45, 7) is 7.15. The van der Waals surface area contributed by atoms with E-state index in [0.717, 1.165) is 39.6 Å². The highest BCUT2D eigenvalue weighted by atomic mass is 16.6. The van der Waals surface area contributed by atoms with Crippen LogP contribution in [0.4, 0.5) is 4.79 Å². The smallest absolute Gasteiger partial charge is 0.338 e. The first-order valence-electron chi connectivity index (χ1n) is 14.1. The molecule has 3 aromatic carbocycles. The summed E-state index contributed by atoms with van der Waals surface area (Å²) in [5.74, 6) is -0.127. The Morgan fingerprint density at radius 1 is 0.976 bits per heavy atom. The summed E-state index contributed by atoms with van der Waals surface area (Å²) in [6.07, 6.45) is 0.935. The van der Waals surface area contributed by atoms with Crippen LogP contribution >= 0.6 is 0 Å². The van der Waals surface area contributed by atoms with E-state index in [1.807, 2.05) is 81.4 Å². The second-order valence-electron chi connectivity index (χ2n) is 11.9. The predicted octanol–water partition coefficient (Wildman–Crippen LogP) is 6.00. The normalized spacial score (nSPS) is 14.8. The molecule has 8 heteroatoms. The molecule has 0 radical (unpaired) electrons. The van der Waals surface area contributed by atoms with Crippen LogP contribution in [-0.4, -0.2) is 58.9 Å². The zero-order valence-electron chi connectivity index (χ0n) is 24.8. The quantitative estimate of drug-likeness (QED) is 0.202. The number of aldehydes is 1. The van der Waals surface area contributed by atoms with Gasteiger partial charge in [-0.2, -0.15) is 0 Å². The van der Waals surface area contributed by atoms with E-state index in [1.54, 1.807) is 31.1 Å². The highest BCUT2D eigenvalue weighted by Crippen LogP contribution is 2.39. The molecule has 0 bridgehead atoms. The summed E-state index contributed by atoms with van der Waals surface area (Å²) in [4.78, 5) is 41.2. The van der Waals surface area contributed by atoms with E-state index in [4.69, 9.17) is 9.47 Å². The molecule has 1 aliphatic heterocycles. The molecule has 1 unspecified atom stereocenters. The van der Waals surface area contributed by atoms with Crippen LogP contribution in [0.2, 0.25) is 0 Å². The Balaban J connectivity index is 1.53. The van der Waals surface area contributed by atoms with Crippen molar-refractivity contribution in [2.75, 3.05) is 20.6 Å². The van der Waals surface area contributed by atoms with Crippen molar-refractivity contribution < 1.29 is 23.9 Å². The summed E-state index contributed by atoms with van der Waals surface area (Å²) in [7, 11) is 3.43. The lowest BCUT2D eigenvalue weighted by atomic mass is 9.93. The SMILES string of the molecule is CN(C)C(=O)N1Cc2c(c3cc(OCc4ccccc4)ccc3n2Cc2ccc(C(=O)OC(C)(C)C)cc2)C(C=O)C1. The number of hydrogen-bond donors (Lipinski definition) is 0. The van der Waals surface area contributed by atoms with E-state index in [9.17, 15) is 14.4 Å². The third-order valence-electron chi connectivity index (χ3n) is 7.31. The number of nitrogens with zero attached hydrogens (tertiary/aromatic N) is 3. The molecule has 0 saturated carbocycles. The number of esters is 1. The number of carbonyl (C=O) groups excluding carboxylic acids is 3. The van der Waals surface area contributed by atoms with Gasteiger partial charge in [-0.05, 0) is 67.8 Å². The zero-order chi connectivity index (χ0) is 30.0. The molecule has 0 fully saturated rings. The van der Waals surface area contributed by atoms with Crippen molar-refractivity contribution in [2.45, 2.75) is 52.0 Å². The first-order chi connectivity index (χ1) is 20.0. The number of hydrogen-bond acceptors (Lipinski definition) is 5. The molecule has 1 atom stereocenters. The van der Waals surface area contributed by atoms with Crippen molar-refractivity contribution >= 4 is 29.2 Å². The van der Waals surface area contributed by atoms with Gasteiger partial charge in [-0.15, -0.1) is 0 Å². The van der Waals surface area contributed by atoms with E-state index in [0.29, 0.717) is 37.6 Å². The van der Waals surface area contributed by atoms with Gasteiger partial charge >= 0.3 is 12.0 Å². The first-order valence-corrected chi connectivity index (χ1v) is 14.1. The van der Waals surface area contributed by atoms with Crippen LogP contribution in [0.15, 0.2) is 72.8 Å². The number of fused-ring (bicyclic) bond motifs is 3. The lowest BCUT2D eigenvalue weighted by Crippen LogP contribution is -2.44. The summed E-state index contributed by atoms with van der Waals surface area (Å²) in [5.41, 5.74) is 4.75. The number of amides is 2. The minimum Gasteiger partial charge on any atom is -0.489 e.